The summed E-state index contributed by atoms with van der Waals surface area (Å²) in [5.74, 6) is 1.07. The van der Waals surface area contributed by atoms with Crippen molar-refractivity contribution in [1.82, 2.24) is 28.6 Å². The van der Waals surface area contributed by atoms with Crippen molar-refractivity contribution in [2.45, 2.75) is 26.4 Å². The van der Waals surface area contributed by atoms with Gasteiger partial charge in [0.2, 0.25) is 0 Å². The summed E-state index contributed by atoms with van der Waals surface area (Å²) >= 11 is 0. The molecule has 5 aromatic rings. The second kappa shape index (κ2) is 26.1. The number of aryl methyl sites for hydroxylation is 4. The third-order valence-electron chi connectivity index (χ3n) is 8.72. The van der Waals surface area contributed by atoms with Crippen LogP contribution < -0.4 is 10.5 Å². The van der Waals surface area contributed by atoms with Gasteiger partial charge in [0.25, 0.3) is 11.5 Å². The number of ether oxygens (including phenoxy) is 3. The zero-order valence-electron chi connectivity index (χ0n) is 32.7. The van der Waals surface area contributed by atoms with Gasteiger partial charge in [0, 0.05) is 70.1 Å². The van der Waals surface area contributed by atoms with Crippen LogP contribution in [-0.4, -0.2) is 106 Å². The van der Waals surface area contributed by atoms with Gasteiger partial charge in [0.1, 0.15) is 23.0 Å². The van der Waals surface area contributed by atoms with E-state index in [1.165, 1.54) is 9.47 Å². The number of aromatic nitrogens is 5. The number of hydrogen-bond acceptors (Lipinski definition) is 11. The van der Waals surface area contributed by atoms with Gasteiger partial charge in [0.05, 0.1) is 58.2 Å². The van der Waals surface area contributed by atoms with Gasteiger partial charge < -0.3 is 54.9 Å². The second-order valence-corrected chi connectivity index (χ2v) is 12.0. The Labute approximate surface area is 342 Å². The summed E-state index contributed by atoms with van der Waals surface area (Å²) in [7, 11) is 5.59. The number of para-hydroxylation sites is 1. The van der Waals surface area contributed by atoms with E-state index in [4.69, 9.17) is 23.8 Å². The van der Waals surface area contributed by atoms with Gasteiger partial charge in [-0.05, 0) is 30.2 Å². The van der Waals surface area contributed by atoms with Crippen molar-refractivity contribution in [1.29, 1.82) is 0 Å². The van der Waals surface area contributed by atoms with Crippen molar-refractivity contribution in [3.05, 3.63) is 114 Å². The van der Waals surface area contributed by atoms with E-state index in [9.17, 15) is 14.7 Å². The quantitative estimate of drug-likeness (QED) is 0.0735. The first-order valence-corrected chi connectivity index (χ1v) is 17.4. The number of carbonyl (C=O) groups is 1. The summed E-state index contributed by atoms with van der Waals surface area (Å²) in [5.41, 5.74) is 1.21. The summed E-state index contributed by atoms with van der Waals surface area (Å²) in [6, 6.07) is 14.6. The van der Waals surface area contributed by atoms with E-state index >= 15 is 0 Å². The molecule has 0 saturated carbocycles. The fraction of sp³-hybridized carbons (Fsp3) is 0.375. The van der Waals surface area contributed by atoms with Gasteiger partial charge in [-0.3, -0.25) is 28.1 Å². The van der Waals surface area contributed by atoms with Gasteiger partial charge in [-0.15, -0.1) is 0 Å². The Kier molecular flexibility index (Phi) is 22.9. The first-order valence-electron chi connectivity index (χ1n) is 17.4. The standard InChI is InChI=1S/C37H47N7O6.2CHO.CH3.Tc/c1-5-28-10-9-13-30-33(28)35(45)34(36(46)42(30)4)37(47)44(29-11-7-6-8-12-29)19-21-49-23-25-50-24-22-48-20-18-43(26-31-38-14-16-40(31)2)27-32-39-15-17-41(32)3;2*1-2;;/h6-17,45H,5,18-27H2,1-4H3;2*1H;1H3;/q;3*-1;+4/i;;;;1+1. The fourth-order valence-corrected chi connectivity index (χ4v) is 5.82. The summed E-state index contributed by atoms with van der Waals surface area (Å²) in [5, 5.41) is 11.8. The Morgan fingerprint density at radius 1 is 0.768 bits per heavy atom. The van der Waals surface area contributed by atoms with Crippen molar-refractivity contribution in [2.75, 3.05) is 57.6 Å². The number of fused-ring (bicyclic) bond motifs is 1. The molecule has 5 rings (SSSR count). The van der Waals surface area contributed by atoms with E-state index in [2.05, 4.69) is 28.4 Å². The molecule has 0 aliphatic carbocycles. The number of rotatable bonds is 19. The first-order chi connectivity index (χ1) is 26.3. The van der Waals surface area contributed by atoms with E-state index in [1.54, 1.807) is 37.6 Å². The van der Waals surface area contributed by atoms with Crippen LogP contribution in [0.4, 0.5) is 5.69 Å². The van der Waals surface area contributed by atoms with Crippen LogP contribution >= 0.6 is 0 Å². The normalized spacial score (nSPS) is 10.4. The van der Waals surface area contributed by atoms with Gasteiger partial charge in [-0.25, -0.2) is 9.97 Å². The third-order valence-corrected chi connectivity index (χ3v) is 8.72. The van der Waals surface area contributed by atoms with Gasteiger partial charge in [0.15, 0.2) is 0 Å². The Bertz CT molecular complexity index is 1910. The number of anilines is 1. The minimum absolute atomic E-state index is 0. The number of imidazole rings is 2. The van der Waals surface area contributed by atoms with Crippen LogP contribution in [0.5, 0.6) is 5.75 Å². The molecule has 15 nitrogen and oxygen atoms in total. The van der Waals surface area contributed by atoms with Gasteiger partial charge >= 0.3 is 20.1 Å². The Hall–Kier alpha value is -4.83. The number of pyridine rings is 1. The number of amides is 1. The number of hydrogen-bond donors (Lipinski definition) is 1. The Morgan fingerprint density at radius 2 is 1.29 bits per heavy atom. The van der Waals surface area contributed by atoms with Crippen LogP contribution in [0.1, 0.15) is 34.5 Å². The molecule has 0 atom stereocenters. The van der Waals surface area contributed by atoms with Crippen molar-refractivity contribution in [2.24, 2.45) is 21.1 Å². The molecule has 1 radical (unpaired) electrons. The van der Waals surface area contributed by atoms with E-state index in [1.807, 2.05) is 72.9 Å². The van der Waals surface area contributed by atoms with Crippen LogP contribution in [0, 0.1) is 7.43 Å². The molecule has 1 N–H and O–H groups in total. The zero-order chi connectivity index (χ0) is 39.5. The predicted molar refractivity (Wildman–Crippen MR) is 211 cm³/mol. The maximum absolute atomic E-state index is 14.0. The maximum Gasteiger partial charge on any atom is 4.00 e. The summed E-state index contributed by atoms with van der Waals surface area (Å²) in [4.78, 5) is 55.5. The number of aromatic hydroxyl groups is 1. The van der Waals surface area contributed by atoms with E-state index in [0.717, 1.165) is 17.2 Å². The van der Waals surface area contributed by atoms with Crippen molar-refractivity contribution in [3.8, 4) is 5.75 Å². The molecule has 0 saturated heterocycles. The summed E-state index contributed by atoms with van der Waals surface area (Å²) in [6.45, 7) is 13.0. The van der Waals surface area contributed by atoms with E-state index in [0.29, 0.717) is 75.7 Å². The molecule has 301 valence electrons. The van der Waals surface area contributed by atoms with Gasteiger partial charge in [-0.1, -0.05) is 37.3 Å². The minimum atomic E-state index is -0.586. The average Bonchev–Trinajstić information content (AvgIpc) is 3.81. The topological polar surface area (TPSA) is 163 Å². The molecule has 2 aromatic carbocycles. The average molecular weight is 858 g/mol. The summed E-state index contributed by atoms with van der Waals surface area (Å²) in [6.07, 6.45) is 8.11. The molecule has 0 bridgehead atoms. The van der Waals surface area contributed by atoms with Crippen LogP contribution in [0.25, 0.3) is 10.9 Å². The molecule has 3 heterocycles. The van der Waals surface area contributed by atoms with E-state index < -0.39 is 11.5 Å². The summed E-state index contributed by atoms with van der Waals surface area (Å²) < 4.78 is 22.8. The first kappa shape index (κ1) is 49.2. The molecule has 3 aromatic heterocycles. The third kappa shape index (κ3) is 13.1. The second-order valence-electron chi connectivity index (χ2n) is 12.0. The van der Waals surface area contributed by atoms with Crippen LogP contribution in [-0.2, 0) is 84.6 Å². The molecule has 0 aliphatic rings. The molecule has 0 aliphatic heterocycles. The van der Waals surface area contributed by atoms with Crippen molar-refractivity contribution < 1.29 is 53.8 Å². The molecule has 0 spiro atoms. The molecule has 16 heteroatoms. The number of nitrogens with zero attached hydrogens (tertiary/aromatic N) is 7. The molecule has 0 unspecified atom stereocenters. The Morgan fingerprint density at radius 3 is 1.79 bits per heavy atom. The predicted octanol–water partition coefficient (Wildman–Crippen LogP) is 3.57. The van der Waals surface area contributed by atoms with Gasteiger partial charge in [-0.2, -0.15) is 0 Å². The molecular formula is C40H52N7O8Tc+. The van der Waals surface area contributed by atoms with Crippen LogP contribution in [0.15, 0.2) is 78.1 Å². The van der Waals surface area contributed by atoms with Crippen LogP contribution in [0.3, 0.4) is 0 Å². The molecule has 1 amide bonds. The maximum atomic E-state index is 14.0. The smallest absolute Gasteiger partial charge is 0.545 e. The monoisotopic (exact) mass is 857 g/mol. The number of carbonyl (C=O) groups excluding carboxylic acids is 3. The fourth-order valence-electron chi connectivity index (χ4n) is 5.82. The van der Waals surface area contributed by atoms with E-state index in [-0.39, 0.29) is 52.0 Å². The molecular weight excluding hydrogens is 805 g/mol. The molecule has 0 fully saturated rings. The Balaban J connectivity index is 0.00000253. The number of benzene rings is 2. The zero-order valence-corrected chi connectivity index (χ0v) is 34.5. The van der Waals surface area contributed by atoms with Crippen molar-refractivity contribution >= 4 is 36.1 Å². The molecule has 56 heavy (non-hydrogen) atoms. The SMILES string of the molecule is CCc1cccc2c1c(O)c(C(=O)N(CCOCCOCCOCCN(Cc1nccn1C)Cc1nccn1C)c1ccccc1)c(=O)n2C.[99Tc+4].[CH-]=O.[CH-]=O.[CH3-]. The minimum Gasteiger partial charge on any atom is -0.545 e. The van der Waals surface area contributed by atoms with Crippen molar-refractivity contribution in [3.63, 3.8) is 0 Å². The largest absolute Gasteiger partial charge is 4.00 e. The van der Waals surface area contributed by atoms with Crippen LogP contribution in [0.2, 0.25) is 0 Å².